The van der Waals surface area contributed by atoms with Crippen molar-refractivity contribution in [3.05, 3.63) is 22.7 Å². The Morgan fingerprint density at radius 3 is 2.91 bits per heavy atom. The summed E-state index contributed by atoms with van der Waals surface area (Å²) in [5, 5.41) is 0. The third-order valence-electron chi connectivity index (χ3n) is 5.80. The molecular formula is C19H27ClN3O8P. The SMILES string of the molecule is C[C@@]1(Cl)[C@@H]2OP(=O)(OCCCC(=O)OC3CCCC3)OC[C@H]2O[C@H]1n1ccc(N)nc1=O. The van der Waals surface area contributed by atoms with E-state index in [1.807, 2.05) is 0 Å². The van der Waals surface area contributed by atoms with Crippen molar-refractivity contribution in [2.45, 2.75) is 74.9 Å². The zero-order valence-electron chi connectivity index (χ0n) is 17.7. The van der Waals surface area contributed by atoms with Gasteiger partial charge in [0.2, 0.25) is 0 Å². The van der Waals surface area contributed by atoms with Crippen molar-refractivity contribution in [1.82, 2.24) is 9.55 Å². The molecule has 0 amide bonds. The second kappa shape index (κ2) is 9.40. The molecule has 0 aromatic carbocycles. The third kappa shape index (κ3) is 5.03. The number of phosphoric acid groups is 1. The number of hydrogen-bond donors (Lipinski definition) is 1. The van der Waals surface area contributed by atoms with Crippen LogP contribution < -0.4 is 11.4 Å². The van der Waals surface area contributed by atoms with E-state index in [9.17, 15) is 14.2 Å². The van der Waals surface area contributed by atoms with Crippen molar-refractivity contribution in [1.29, 1.82) is 0 Å². The van der Waals surface area contributed by atoms with Gasteiger partial charge in [0.25, 0.3) is 0 Å². The Labute approximate surface area is 190 Å². The molecule has 0 bridgehead atoms. The van der Waals surface area contributed by atoms with Crippen LogP contribution in [-0.4, -0.2) is 51.9 Å². The minimum Gasteiger partial charge on any atom is -0.462 e. The molecule has 2 saturated heterocycles. The molecule has 0 radical (unpaired) electrons. The van der Waals surface area contributed by atoms with Crippen LogP contribution in [0.15, 0.2) is 17.1 Å². The first-order chi connectivity index (χ1) is 15.2. The highest BCUT2D eigenvalue weighted by Gasteiger charge is 2.60. The van der Waals surface area contributed by atoms with Gasteiger partial charge in [0.05, 0.1) is 13.2 Å². The van der Waals surface area contributed by atoms with E-state index in [2.05, 4.69) is 4.98 Å². The normalized spacial score (nSPS) is 35.0. The van der Waals surface area contributed by atoms with Crippen LogP contribution in [0, 0.1) is 0 Å². The van der Waals surface area contributed by atoms with Gasteiger partial charge in [-0.15, -0.1) is 11.6 Å². The molecule has 1 aromatic heterocycles. The predicted molar refractivity (Wildman–Crippen MR) is 113 cm³/mol. The zero-order valence-corrected chi connectivity index (χ0v) is 19.3. The Hall–Kier alpha value is -1.49. The average molecular weight is 492 g/mol. The zero-order chi connectivity index (χ0) is 22.9. The number of aromatic nitrogens is 2. The summed E-state index contributed by atoms with van der Waals surface area (Å²) in [4.78, 5) is 26.5. The lowest BCUT2D eigenvalue weighted by Crippen LogP contribution is -2.45. The number of alkyl halides is 1. The molecule has 3 aliphatic rings. The lowest BCUT2D eigenvalue weighted by Gasteiger charge is -2.34. The van der Waals surface area contributed by atoms with Crippen LogP contribution in [0.2, 0.25) is 0 Å². The number of carbonyl (C=O) groups is 1. The third-order valence-corrected chi connectivity index (χ3v) is 7.65. The number of ether oxygens (including phenoxy) is 2. The molecule has 11 nitrogen and oxygen atoms in total. The second-order valence-corrected chi connectivity index (χ2v) is 10.8. The molecule has 1 aliphatic carbocycles. The van der Waals surface area contributed by atoms with Gasteiger partial charge in [-0.25, -0.2) is 9.36 Å². The lowest BCUT2D eigenvalue weighted by atomic mass is 10.0. The number of carbonyl (C=O) groups excluding carboxylic acids is 1. The van der Waals surface area contributed by atoms with Crippen LogP contribution in [0.1, 0.15) is 51.7 Å². The monoisotopic (exact) mass is 491 g/mol. The van der Waals surface area contributed by atoms with Crippen LogP contribution in [0.5, 0.6) is 0 Å². The summed E-state index contributed by atoms with van der Waals surface area (Å²) in [6.07, 6.45) is 3.36. The number of esters is 1. The maximum Gasteiger partial charge on any atom is 0.475 e. The van der Waals surface area contributed by atoms with E-state index in [4.69, 9.17) is 40.4 Å². The summed E-state index contributed by atoms with van der Waals surface area (Å²) in [7, 11) is -3.93. The number of fused-ring (bicyclic) bond motifs is 1. The van der Waals surface area contributed by atoms with Crippen molar-refractivity contribution >= 4 is 31.2 Å². The number of nitrogens with two attached hydrogens (primary N) is 1. The molecule has 1 unspecified atom stereocenters. The quantitative estimate of drug-likeness (QED) is 0.261. The van der Waals surface area contributed by atoms with Gasteiger partial charge in [-0.3, -0.25) is 22.9 Å². The molecule has 3 heterocycles. The maximum atomic E-state index is 12.9. The van der Waals surface area contributed by atoms with E-state index in [1.165, 1.54) is 16.8 Å². The van der Waals surface area contributed by atoms with Crippen molar-refractivity contribution in [3.63, 3.8) is 0 Å². The fourth-order valence-corrected chi connectivity index (χ4v) is 6.07. The minimum absolute atomic E-state index is 0.00388. The number of halogens is 1. The first-order valence-corrected chi connectivity index (χ1v) is 12.5. The second-order valence-electron chi connectivity index (χ2n) is 8.32. The molecule has 3 fully saturated rings. The van der Waals surface area contributed by atoms with Crippen LogP contribution in [0.3, 0.4) is 0 Å². The molecule has 2 aliphatic heterocycles. The molecule has 1 aromatic rings. The predicted octanol–water partition coefficient (Wildman–Crippen LogP) is 2.53. The molecule has 32 heavy (non-hydrogen) atoms. The average Bonchev–Trinajstić information content (AvgIpc) is 3.32. The van der Waals surface area contributed by atoms with E-state index in [0.717, 1.165) is 25.7 Å². The highest BCUT2D eigenvalue weighted by Crippen LogP contribution is 2.60. The highest BCUT2D eigenvalue weighted by atomic mass is 35.5. The van der Waals surface area contributed by atoms with E-state index >= 15 is 0 Å². The lowest BCUT2D eigenvalue weighted by molar-refractivity contribution is -0.149. The number of nitrogen functional groups attached to an aromatic ring is 1. The number of phosphoric ester groups is 1. The van der Waals surface area contributed by atoms with Crippen molar-refractivity contribution in [2.75, 3.05) is 18.9 Å². The minimum atomic E-state index is -3.93. The van der Waals surface area contributed by atoms with Crippen molar-refractivity contribution in [2.24, 2.45) is 0 Å². The Kier molecular flexibility index (Phi) is 6.95. The summed E-state index contributed by atoms with van der Waals surface area (Å²) < 4.78 is 41.7. The summed E-state index contributed by atoms with van der Waals surface area (Å²) in [6.45, 7) is 1.50. The van der Waals surface area contributed by atoms with Gasteiger partial charge >= 0.3 is 19.5 Å². The number of hydrogen-bond acceptors (Lipinski definition) is 10. The molecular weight excluding hydrogens is 465 g/mol. The summed E-state index contributed by atoms with van der Waals surface area (Å²) in [5.41, 5.74) is 4.90. The van der Waals surface area contributed by atoms with Crippen LogP contribution in [-0.2, 0) is 32.4 Å². The van der Waals surface area contributed by atoms with Crippen LogP contribution >= 0.6 is 19.4 Å². The van der Waals surface area contributed by atoms with Gasteiger partial charge in [0.15, 0.2) is 6.23 Å². The maximum absolute atomic E-state index is 12.9. The van der Waals surface area contributed by atoms with E-state index in [-0.39, 0.29) is 37.5 Å². The van der Waals surface area contributed by atoms with Gasteiger partial charge in [-0.05, 0) is 45.1 Å². The van der Waals surface area contributed by atoms with Gasteiger partial charge in [0, 0.05) is 12.6 Å². The van der Waals surface area contributed by atoms with Gasteiger partial charge in [-0.1, -0.05) is 0 Å². The van der Waals surface area contributed by atoms with Gasteiger partial charge in [0.1, 0.15) is 29.0 Å². The topological polar surface area (TPSA) is 141 Å². The first kappa shape index (κ1) is 23.7. The number of nitrogens with zero attached hydrogens (tertiary/aromatic N) is 2. The molecule has 2 N–H and O–H groups in total. The number of anilines is 1. The summed E-state index contributed by atoms with van der Waals surface area (Å²) in [5.74, 6) is -0.227. The molecule has 1 saturated carbocycles. The largest absolute Gasteiger partial charge is 0.475 e. The van der Waals surface area contributed by atoms with E-state index in [1.54, 1.807) is 6.92 Å². The fraction of sp³-hybridized carbons (Fsp3) is 0.737. The first-order valence-electron chi connectivity index (χ1n) is 10.6. The Morgan fingerprint density at radius 1 is 1.44 bits per heavy atom. The Balaban J connectivity index is 1.32. The molecule has 4 rings (SSSR count). The fourth-order valence-electron chi connectivity index (χ4n) is 4.16. The van der Waals surface area contributed by atoms with Crippen LogP contribution in [0.25, 0.3) is 0 Å². The highest BCUT2D eigenvalue weighted by molar-refractivity contribution is 7.48. The van der Waals surface area contributed by atoms with E-state index in [0.29, 0.717) is 6.42 Å². The van der Waals surface area contributed by atoms with Crippen molar-refractivity contribution < 1.29 is 32.4 Å². The molecule has 13 heteroatoms. The number of rotatable bonds is 7. The molecule has 5 atom stereocenters. The van der Waals surface area contributed by atoms with Crippen molar-refractivity contribution in [3.8, 4) is 0 Å². The Bertz CT molecular complexity index is 951. The molecule has 178 valence electrons. The van der Waals surface area contributed by atoms with E-state index < -0.39 is 36.8 Å². The van der Waals surface area contributed by atoms with Crippen LogP contribution in [0.4, 0.5) is 5.82 Å². The standard InChI is InChI=1S/C19H27ClN3O8P/c1-19(20)16-13(30-17(19)23-9-8-14(21)22-18(23)25)11-28-32(26,31-16)27-10-4-7-15(24)29-12-5-2-3-6-12/h8-9,12-13,16-17H,2-7,10-11H2,1H3,(H2,21,22,25)/t13-,16-,17-,19-,32?/m1/s1. The summed E-state index contributed by atoms with van der Waals surface area (Å²) >= 11 is 6.70. The molecule has 0 spiro atoms. The summed E-state index contributed by atoms with van der Waals surface area (Å²) in [6, 6.07) is 1.45. The smallest absolute Gasteiger partial charge is 0.462 e. The van der Waals surface area contributed by atoms with Gasteiger partial charge in [-0.2, -0.15) is 4.98 Å². The Morgan fingerprint density at radius 2 is 2.19 bits per heavy atom. The van der Waals surface area contributed by atoms with Gasteiger partial charge < -0.3 is 15.2 Å².